The van der Waals surface area contributed by atoms with Crippen LogP contribution in [0.2, 0.25) is 0 Å². The molecule has 0 saturated carbocycles. The molecule has 1 atom stereocenters. The molecule has 0 radical (unpaired) electrons. The lowest BCUT2D eigenvalue weighted by molar-refractivity contribution is 0.591. The van der Waals surface area contributed by atoms with Crippen molar-refractivity contribution >= 4 is 10.9 Å². The maximum Gasteiger partial charge on any atom is 0.0459 e. The van der Waals surface area contributed by atoms with Crippen molar-refractivity contribution in [3.05, 3.63) is 35.5 Å². The fourth-order valence-corrected chi connectivity index (χ4v) is 2.43. The lowest BCUT2D eigenvalue weighted by atomic mass is 9.99. The molecular weight excluding hydrogens is 210 g/mol. The van der Waals surface area contributed by atoms with Gasteiger partial charge in [0.25, 0.3) is 0 Å². The summed E-state index contributed by atoms with van der Waals surface area (Å²) in [5.41, 5.74) is 15.4. The second-order valence-electron chi connectivity index (χ2n) is 4.60. The Hall–Kier alpha value is -1.32. The molecule has 0 bridgehead atoms. The summed E-state index contributed by atoms with van der Waals surface area (Å²) < 4.78 is 0. The van der Waals surface area contributed by atoms with Crippen LogP contribution in [0.5, 0.6) is 0 Å². The molecule has 1 heterocycles. The number of benzene rings is 1. The maximum absolute atomic E-state index is 6.29. The second-order valence-corrected chi connectivity index (χ2v) is 4.60. The lowest BCUT2D eigenvalue weighted by Crippen LogP contribution is -2.11. The van der Waals surface area contributed by atoms with Gasteiger partial charge in [0.15, 0.2) is 0 Å². The number of hydrogen-bond donors (Lipinski definition) is 3. The van der Waals surface area contributed by atoms with E-state index >= 15 is 0 Å². The van der Waals surface area contributed by atoms with Crippen LogP contribution in [-0.4, -0.2) is 11.5 Å². The standard InChI is InChI=1S/C14H21N3/c1-10-14(12(16)7-4-5-9-15)11-6-2-3-8-13(11)17-10/h2-3,6,8,12,17H,4-5,7,9,15-16H2,1H3/t12-/m1/s1. The van der Waals surface area contributed by atoms with Crippen molar-refractivity contribution in [1.29, 1.82) is 0 Å². The summed E-state index contributed by atoms with van der Waals surface area (Å²) in [7, 11) is 0. The average molecular weight is 231 g/mol. The number of aromatic nitrogens is 1. The van der Waals surface area contributed by atoms with Gasteiger partial charge in [0.05, 0.1) is 0 Å². The molecule has 0 unspecified atom stereocenters. The van der Waals surface area contributed by atoms with Crippen LogP contribution in [0.3, 0.4) is 0 Å². The Kier molecular flexibility index (Phi) is 3.82. The normalized spacial score (nSPS) is 13.1. The zero-order chi connectivity index (χ0) is 12.3. The van der Waals surface area contributed by atoms with Gasteiger partial charge in [-0.1, -0.05) is 24.6 Å². The molecule has 0 aliphatic carbocycles. The highest BCUT2D eigenvalue weighted by Crippen LogP contribution is 2.28. The van der Waals surface area contributed by atoms with Gasteiger partial charge in [0.2, 0.25) is 0 Å². The number of rotatable bonds is 5. The molecule has 0 aliphatic heterocycles. The molecule has 3 heteroatoms. The SMILES string of the molecule is Cc1[nH]c2ccccc2c1[C@H](N)CCCCN. The van der Waals surface area contributed by atoms with Crippen LogP contribution >= 0.6 is 0 Å². The van der Waals surface area contributed by atoms with E-state index < -0.39 is 0 Å². The third-order valence-electron chi connectivity index (χ3n) is 3.28. The van der Waals surface area contributed by atoms with Crippen LogP contribution in [0.4, 0.5) is 0 Å². The van der Waals surface area contributed by atoms with E-state index in [0.29, 0.717) is 0 Å². The Morgan fingerprint density at radius 2 is 2.00 bits per heavy atom. The fraction of sp³-hybridized carbons (Fsp3) is 0.429. The molecule has 2 rings (SSSR count). The Morgan fingerprint density at radius 3 is 2.76 bits per heavy atom. The highest BCUT2D eigenvalue weighted by molar-refractivity contribution is 5.85. The summed E-state index contributed by atoms with van der Waals surface area (Å²) >= 11 is 0. The highest BCUT2D eigenvalue weighted by atomic mass is 14.7. The molecule has 1 aromatic carbocycles. The van der Waals surface area contributed by atoms with Crippen molar-refractivity contribution in [3.8, 4) is 0 Å². The zero-order valence-corrected chi connectivity index (χ0v) is 10.4. The van der Waals surface area contributed by atoms with Crippen molar-refractivity contribution in [2.75, 3.05) is 6.54 Å². The molecule has 3 nitrogen and oxygen atoms in total. The monoisotopic (exact) mass is 231 g/mol. The first kappa shape index (κ1) is 12.1. The number of aromatic amines is 1. The summed E-state index contributed by atoms with van der Waals surface area (Å²) in [6, 6.07) is 8.45. The van der Waals surface area contributed by atoms with E-state index in [4.69, 9.17) is 11.5 Å². The van der Waals surface area contributed by atoms with Crippen molar-refractivity contribution in [3.63, 3.8) is 0 Å². The Bertz CT molecular complexity index is 487. The van der Waals surface area contributed by atoms with Crippen LogP contribution < -0.4 is 11.5 Å². The predicted molar refractivity (Wildman–Crippen MR) is 72.9 cm³/mol. The molecule has 1 aromatic heterocycles. The van der Waals surface area contributed by atoms with E-state index in [1.165, 1.54) is 22.2 Å². The molecule has 0 amide bonds. The van der Waals surface area contributed by atoms with E-state index in [9.17, 15) is 0 Å². The minimum atomic E-state index is 0.109. The Labute approximate surface area is 102 Å². The largest absolute Gasteiger partial charge is 0.358 e. The molecular formula is C14H21N3. The summed E-state index contributed by atoms with van der Waals surface area (Å²) in [4.78, 5) is 3.39. The van der Waals surface area contributed by atoms with Gasteiger partial charge in [-0.15, -0.1) is 0 Å². The zero-order valence-electron chi connectivity index (χ0n) is 10.4. The number of para-hydroxylation sites is 1. The Balaban J connectivity index is 2.24. The van der Waals surface area contributed by atoms with Gasteiger partial charge < -0.3 is 16.5 Å². The van der Waals surface area contributed by atoms with Gasteiger partial charge in [-0.2, -0.15) is 0 Å². The van der Waals surface area contributed by atoms with E-state index in [-0.39, 0.29) is 6.04 Å². The molecule has 92 valence electrons. The molecule has 2 aromatic rings. The number of aryl methyl sites for hydroxylation is 1. The molecule has 17 heavy (non-hydrogen) atoms. The van der Waals surface area contributed by atoms with Gasteiger partial charge in [0, 0.05) is 22.6 Å². The fourth-order valence-electron chi connectivity index (χ4n) is 2.43. The summed E-state index contributed by atoms with van der Waals surface area (Å²) in [5, 5.41) is 1.25. The highest BCUT2D eigenvalue weighted by Gasteiger charge is 2.14. The third kappa shape index (κ3) is 2.51. The molecule has 5 N–H and O–H groups in total. The lowest BCUT2D eigenvalue weighted by Gasteiger charge is -2.12. The first-order valence-electron chi connectivity index (χ1n) is 6.27. The van der Waals surface area contributed by atoms with Gasteiger partial charge in [0.1, 0.15) is 0 Å². The van der Waals surface area contributed by atoms with Crippen LogP contribution in [0, 0.1) is 6.92 Å². The van der Waals surface area contributed by atoms with E-state index in [1.54, 1.807) is 0 Å². The van der Waals surface area contributed by atoms with Crippen molar-refractivity contribution < 1.29 is 0 Å². The number of unbranched alkanes of at least 4 members (excludes halogenated alkanes) is 1. The number of hydrogen-bond acceptors (Lipinski definition) is 2. The van der Waals surface area contributed by atoms with Crippen LogP contribution in [0.1, 0.15) is 36.6 Å². The third-order valence-corrected chi connectivity index (χ3v) is 3.28. The summed E-state index contributed by atoms with van der Waals surface area (Å²) in [5.74, 6) is 0. The number of H-pyrrole nitrogens is 1. The van der Waals surface area contributed by atoms with E-state index in [2.05, 4.69) is 30.1 Å². The van der Waals surface area contributed by atoms with Crippen molar-refractivity contribution in [1.82, 2.24) is 4.98 Å². The van der Waals surface area contributed by atoms with Crippen molar-refractivity contribution in [2.45, 2.75) is 32.2 Å². The van der Waals surface area contributed by atoms with Crippen molar-refractivity contribution in [2.24, 2.45) is 11.5 Å². The van der Waals surface area contributed by atoms with Gasteiger partial charge in [-0.3, -0.25) is 0 Å². The predicted octanol–water partition coefficient (Wildman–Crippen LogP) is 2.61. The van der Waals surface area contributed by atoms with Gasteiger partial charge in [-0.25, -0.2) is 0 Å². The molecule has 0 aliphatic rings. The second kappa shape index (κ2) is 5.34. The maximum atomic E-state index is 6.29. The van der Waals surface area contributed by atoms with Gasteiger partial charge in [-0.05, 0) is 37.9 Å². The minimum absolute atomic E-state index is 0.109. The van der Waals surface area contributed by atoms with Crippen LogP contribution in [-0.2, 0) is 0 Å². The topological polar surface area (TPSA) is 67.8 Å². The van der Waals surface area contributed by atoms with Crippen LogP contribution in [0.15, 0.2) is 24.3 Å². The number of nitrogens with two attached hydrogens (primary N) is 2. The summed E-state index contributed by atoms with van der Waals surface area (Å²) in [6.45, 7) is 2.84. The molecule has 0 saturated heterocycles. The van der Waals surface area contributed by atoms with E-state index in [0.717, 1.165) is 25.8 Å². The smallest absolute Gasteiger partial charge is 0.0459 e. The minimum Gasteiger partial charge on any atom is -0.358 e. The Morgan fingerprint density at radius 1 is 1.24 bits per heavy atom. The van der Waals surface area contributed by atoms with Crippen LogP contribution in [0.25, 0.3) is 10.9 Å². The summed E-state index contributed by atoms with van der Waals surface area (Å²) in [6.07, 6.45) is 3.14. The molecule has 0 spiro atoms. The van der Waals surface area contributed by atoms with E-state index in [1.807, 2.05) is 6.07 Å². The quantitative estimate of drug-likeness (QED) is 0.692. The number of nitrogens with one attached hydrogen (secondary N) is 1. The van der Waals surface area contributed by atoms with Gasteiger partial charge >= 0.3 is 0 Å². The molecule has 0 fully saturated rings. The number of fused-ring (bicyclic) bond motifs is 1. The first-order chi connectivity index (χ1) is 8.24. The average Bonchev–Trinajstić information content (AvgIpc) is 2.65. The first-order valence-corrected chi connectivity index (χ1v) is 6.27.